The van der Waals surface area contributed by atoms with E-state index in [1.165, 1.54) is 31.9 Å². The van der Waals surface area contributed by atoms with E-state index in [9.17, 15) is 29.7 Å². The van der Waals surface area contributed by atoms with Crippen LogP contribution < -0.4 is 16.7 Å². The molecule has 0 saturated heterocycles. The molecule has 182 valence electrons. The van der Waals surface area contributed by atoms with E-state index >= 15 is 0 Å². The first-order valence-corrected chi connectivity index (χ1v) is 11.2. The lowest BCUT2D eigenvalue weighted by Crippen LogP contribution is -2.31. The van der Waals surface area contributed by atoms with Crippen molar-refractivity contribution in [2.75, 3.05) is 19.6 Å². The molecule has 0 aliphatic rings. The topological polar surface area (TPSA) is 130 Å². The van der Waals surface area contributed by atoms with Crippen LogP contribution in [0.3, 0.4) is 0 Å². The molecule has 0 fully saturated rings. The summed E-state index contributed by atoms with van der Waals surface area (Å²) < 4.78 is 4.39. The number of hydrogen-bond donors (Lipinski definition) is 3. The van der Waals surface area contributed by atoms with E-state index in [1.807, 2.05) is 0 Å². The molecule has 3 aromatic rings. The van der Waals surface area contributed by atoms with Crippen LogP contribution in [0.5, 0.6) is 17.2 Å². The highest BCUT2D eigenvalue weighted by Crippen LogP contribution is 2.05. The first-order chi connectivity index (χ1) is 16.4. The van der Waals surface area contributed by atoms with Crippen LogP contribution in [-0.4, -0.2) is 53.6 Å². The lowest BCUT2D eigenvalue weighted by Gasteiger charge is -2.23. The van der Waals surface area contributed by atoms with Crippen molar-refractivity contribution < 1.29 is 15.3 Å². The van der Waals surface area contributed by atoms with Gasteiger partial charge in [-0.05, 0) is 75.3 Å². The molecule has 34 heavy (non-hydrogen) atoms. The second-order valence-electron chi connectivity index (χ2n) is 8.08. The Morgan fingerprint density at radius 3 is 1.15 bits per heavy atom. The summed E-state index contributed by atoms with van der Waals surface area (Å²) in [6.07, 6.45) is 6.91. The Morgan fingerprint density at radius 1 is 0.559 bits per heavy atom. The zero-order valence-corrected chi connectivity index (χ0v) is 18.9. The molecule has 3 rings (SSSR count). The lowest BCUT2D eigenvalue weighted by molar-refractivity contribution is 0.248. The third kappa shape index (κ3) is 6.61. The average molecular weight is 471 g/mol. The lowest BCUT2D eigenvalue weighted by atomic mass is 10.2. The monoisotopic (exact) mass is 470 g/mol. The second-order valence-corrected chi connectivity index (χ2v) is 8.08. The van der Waals surface area contributed by atoms with Crippen molar-refractivity contribution in [3.05, 3.63) is 86.1 Å². The molecule has 0 unspecified atom stereocenters. The van der Waals surface area contributed by atoms with Gasteiger partial charge in [0.2, 0.25) is 0 Å². The highest BCUT2D eigenvalue weighted by Gasteiger charge is 2.09. The van der Waals surface area contributed by atoms with E-state index in [4.69, 9.17) is 0 Å². The van der Waals surface area contributed by atoms with Crippen LogP contribution in [-0.2, 0) is 19.6 Å². The van der Waals surface area contributed by atoms with Gasteiger partial charge in [-0.2, -0.15) is 0 Å². The Kier molecular flexibility index (Phi) is 8.69. The number of aryl methyl sites for hydroxylation is 3. The standard InChI is InChI=1S/C24H30N4O6/c29-19-7-1-13-26(22(19)32)16-4-10-25(11-5-17-27-14-2-8-20(30)23(27)33)12-6-18-28-15-3-9-21(31)24(28)34/h1-3,7-9,13-15,29-31H,4-6,10-12,16-18H2. The largest absolute Gasteiger partial charge is 0.503 e. The van der Waals surface area contributed by atoms with Gasteiger partial charge in [-0.1, -0.05) is 0 Å². The molecule has 0 spiro atoms. The molecule has 3 heterocycles. The summed E-state index contributed by atoms with van der Waals surface area (Å²) >= 11 is 0. The molecule has 10 nitrogen and oxygen atoms in total. The quantitative estimate of drug-likeness (QED) is 0.362. The number of aromatic nitrogens is 3. The molecule has 0 aromatic carbocycles. The van der Waals surface area contributed by atoms with Crippen LogP contribution in [0.1, 0.15) is 19.3 Å². The summed E-state index contributed by atoms with van der Waals surface area (Å²) in [5, 5.41) is 28.8. The van der Waals surface area contributed by atoms with Crippen molar-refractivity contribution >= 4 is 0 Å². The van der Waals surface area contributed by atoms with Gasteiger partial charge in [0.1, 0.15) is 0 Å². The van der Waals surface area contributed by atoms with E-state index in [0.717, 1.165) is 0 Å². The number of aromatic hydroxyl groups is 3. The summed E-state index contributed by atoms with van der Waals surface area (Å²) in [4.78, 5) is 38.2. The summed E-state index contributed by atoms with van der Waals surface area (Å²) in [5.41, 5.74) is -1.29. The van der Waals surface area contributed by atoms with Crippen LogP contribution in [0.25, 0.3) is 0 Å². The van der Waals surface area contributed by atoms with Crippen molar-refractivity contribution in [1.82, 2.24) is 18.6 Å². The highest BCUT2D eigenvalue weighted by molar-refractivity contribution is 5.16. The van der Waals surface area contributed by atoms with E-state index in [1.54, 1.807) is 36.8 Å². The van der Waals surface area contributed by atoms with Gasteiger partial charge in [0.25, 0.3) is 16.7 Å². The Balaban J connectivity index is 1.58. The van der Waals surface area contributed by atoms with E-state index in [2.05, 4.69) is 4.90 Å². The Bertz CT molecular complexity index is 1110. The van der Waals surface area contributed by atoms with Crippen LogP contribution in [0.4, 0.5) is 0 Å². The smallest absolute Gasteiger partial charge is 0.292 e. The fourth-order valence-corrected chi connectivity index (χ4v) is 3.83. The normalized spacial score (nSPS) is 11.2. The summed E-state index contributed by atoms with van der Waals surface area (Å²) in [7, 11) is 0. The molecule has 0 amide bonds. The first-order valence-electron chi connectivity index (χ1n) is 11.2. The number of rotatable bonds is 12. The third-order valence-electron chi connectivity index (χ3n) is 5.62. The minimum Gasteiger partial charge on any atom is -0.503 e. The van der Waals surface area contributed by atoms with Crippen molar-refractivity contribution in [2.45, 2.75) is 38.9 Å². The van der Waals surface area contributed by atoms with Gasteiger partial charge in [0, 0.05) is 38.2 Å². The van der Waals surface area contributed by atoms with E-state index in [0.29, 0.717) is 58.5 Å². The summed E-state index contributed by atoms with van der Waals surface area (Å²) in [6.45, 7) is 3.36. The van der Waals surface area contributed by atoms with Crippen molar-refractivity contribution in [3.8, 4) is 17.2 Å². The van der Waals surface area contributed by atoms with Crippen LogP contribution >= 0.6 is 0 Å². The van der Waals surface area contributed by atoms with E-state index < -0.39 is 16.7 Å². The third-order valence-corrected chi connectivity index (χ3v) is 5.62. The average Bonchev–Trinajstić information content (AvgIpc) is 2.82. The number of nitrogens with zero attached hydrogens (tertiary/aromatic N) is 4. The maximum Gasteiger partial charge on any atom is 0.292 e. The van der Waals surface area contributed by atoms with E-state index in [-0.39, 0.29) is 17.2 Å². The molecule has 0 bridgehead atoms. The fourth-order valence-electron chi connectivity index (χ4n) is 3.83. The molecule has 3 N–H and O–H groups in total. The van der Waals surface area contributed by atoms with Crippen molar-refractivity contribution in [1.29, 1.82) is 0 Å². The second kappa shape index (κ2) is 11.9. The first kappa shape index (κ1) is 24.8. The zero-order valence-electron chi connectivity index (χ0n) is 18.9. The zero-order chi connectivity index (χ0) is 24.5. The Hall–Kier alpha value is -3.79. The Labute approximate surface area is 196 Å². The van der Waals surface area contributed by atoms with Crippen molar-refractivity contribution in [2.24, 2.45) is 0 Å². The van der Waals surface area contributed by atoms with Gasteiger partial charge < -0.3 is 33.9 Å². The molecule has 0 radical (unpaired) electrons. The predicted octanol–water partition coefficient (Wildman–Crippen LogP) is 1.16. The molecule has 0 atom stereocenters. The Morgan fingerprint density at radius 2 is 0.853 bits per heavy atom. The van der Waals surface area contributed by atoms with Crippen LogP contribution in [0.2, 0.25) is 0 Å². The van der Waals surface area contributed by atoms with Crippen molar-refractivity contribution in [3.63, 3.8) is 0 Å². The molecular weight excluding hydrogens is 440 g/mol. The number of hydrogen-bond acceptors (Lipinski definition) is 7. The highest BCUT2D eigenvalue weighted by atomic mass is 16.3. The fraction of sp³-hybridized carbons (Fsp3) is 0.375. The van der Waals surface area contributed by atoms with Gasteiger partial charge in [-0.15, -0.1) is 0 Å². The summed E-state index contributed by atoms with van der Waals surface area (Å²) in [5.74, 6) is -0.854. The van der Waals surface area contributed by atoms with Gasteiger partial charge in [0.15, 0.2) is 17.2 Å². The van der Waals surface area contributed by atoms with Gasteiger partial charge in [-0.25, -0.2) is 0 Å². The minimum atomic E-state index is -0.430. The molecule has 0 aliphatic carbocycles. The maximum atomic E-state index is 12.0. The molecule has 0 saturated carbocycles. The number of pyridine rings is 3. The van der Waals surface area contributed by atoms with Gasteiger partial charge in [-0.3, -0.25) is 14.4 Å². The van der Waals surface area contributed by atoms with Crippen LogP contribution in [0.15, 0.2) is 69.4 Å². The molecule has 3 aromatic heterocycles. The predicted molar refractivity (Wildman–Crippen MR) is 127 cm³/mol. The SMILES string of the molecule is O=c1c(O)cccn1CCCN(CCCn1cccc(O)c1=O)CCCn1cccc(O)c1=O. The minimum absolute atomic E-state index is 0.285. The molecule has 0 aliphatic heterocycles. The van der Waals surface area contributed by atoms with Gasteiger partial charge >= 0.3 is 0 Å². The molecular formula is C24H30N4O6. The van der Waals surface area contributed by atoms with Crippen LogP contribution in [0, 0.1) is 0 Å². The summed E-state index contributed by atoms with van der Waals surface area (Å²) in [6, 6.07) is 8.94. The molecule has 10 heteroatoms. The maximum absolute atomic E-state index is 12.0. The van der Waals surface area contributed by atoms with Gasteiger partial charge in [0.05, 0.1) is 0 Å².